The van der Waals surface area contributed by atoms with E-state index in [1.165, 1.54) is 0 Å². The minimum Gasteiger partial charge on any atom is -0.451 e. The third kappa shape index (κ3) is 3.55. The predicted octanol–water partition coefficient (Wildman–Crippen LogP) is 2.83. The van der Waals surface area contributed by atoms with Crippen molar-refractivity contribution in [2.45, 2.75) is 20.3 Å². The second-order valence-corrected chi connectivity index (χ2v) is 6.59. The minimum atomic E-state index is -0.493. The summed E-state index contributed by atoms with van der Waals surface area (Å²) in [6.45, 7) is 5.58. The van der Waals surface area contributed by atoms with Gasteiger partial charge in [0.05, 0.1) is 0 Å². The predicted molar refractivity (Wildman–Crippen MR) is 88.1 cm³/mol. The van der Waals surface area contributed by atoms with Gasteiger partial charge in [-0.3, -0.25) is 4.79 Å². The second-order valence-electron chi connectivity index (χ2n) is 6.59. The molecule has 1 aliphatic rings. The van der Waals surface area contributed by atoms with Crippen LogP contribution in [0.2, 0.25) is 0 Å². The summed E-state index contributed by atoms with van der Waals surface area (Å²) in [5.74, 6) is 0.375. The van der Waals surface area contributed by atoms with Crippen LogP contribution in [0.25, 0.3) is 10.9 Å². The number of hydrogen-bond donors (Lipinski definition) is 1. The largest absolute Gasteiger partial charge is 0.451 e. The molecule has 0 unspecified atom stereocenters. The van der Waals surface area contributed by atoms with E-state index >= 15 is 0 Å². The first kappa shape index (κ1) is 15.6. The molecule has 0 spiro atoms. The number of aromatic nitrogens is 1. The van der Waals surface area contributed by atoms with E-state index in [-0.39, 0.29) is 12.5 Å². The van der Waals surface area contributed by atoms with Gasteiger partial charge in [-0.05, 0) is 30.4 Å². The van der Waals surface area contributed by atoms with Gasteiger partial charge in [0.25, 0.3) is 5.91 Å². The van der Waals surface area contributed by atoms with Gasteiger partial charge in [0.1, 0.15) is 5.69 Å². The van der Waals surface area contributed by atoms with Crippen molar-refractivity contribution >= 4 is 22.8 Å². The molecule has 5 heteroatoms. The Morgan fingerprint density at radius 1 is 1.22 bits per heavy atom. The number of piperidine rings is 1. The highest BCUT2D eigenvalue weighted by Crippen LogP contribution is 2.21. The summed E-state index contributed by atoms with van der Waals surface area (Å²) in [6.07, 6.45) is 1.14. The van der Waals surface area contributed by atoms with E-state index in [0.29, 0.717) is 17.5 Å². The monoisotopic (exact) mass is 314 g/mol. The number of rotatable bonds is 3. The quantitative estimate of drug-likeness (QED) is 0.886. The molecule has 1 aromatic carbocycles. The Labute approximate surface area is 135 Å². The lowest BCUT2D eigenvalue weighted by Gasteiger charge is -2.34. The fourth-order valence-corrected chi connectivity index (χ4v) is 3.35. The summed E-state index contributed by atoms with van der Waals surface area (Å²) >= 11 is 0. The minimum absolute atomic E-state index is 0.118. The van der Waals surface area contributed by atoms with Crippen molar-refractivity contribution in [1.29, 1.82) is 0 Å². The number of carbonyl (C=O) groups excluding carboxylic acids is 2. The van der Waals surface area contributed by atoms with Crippen molar-refractivity contribution in [3.63, 3.8) is 0 Å². The van der Waals surface area contributed by atoms with E-state index in [0.717, 1.165) is 30.4 Å². The van der Waals surface area contributed by atoms with Crippen LogP contribution in [0.1, 0.15) is 30.8 Å². The first-order chi connectivity index (χ1) is 11.0. The van der Waals surface area contributed by atoms with Gasteiger partial charge in [-0.25, -0.2) is 4.79 Å². The number of nitrogens with one attached hydrogen (secondary N) is 1. The lowest BCUT2D eigenvalue weighted by Crippen LogP contribution is -2.44. The number of para-hydroxylation sites is 1. The van der Waals surface area contributed by atoms with E-state index in [1.54, 1.807) is 11.0 Å². The lowest BCUT2D eigenvalue weighted by molar-refractivity contribution is -0.137. The highest BCUT2D eigenvalue weighted by molar-refractivity contribution is 5.95. The molecule has 1 saturated heterocycles. The standard InChI is InChI=1S/C18H22N2O3/c1-12-7-13(2)10-20(9-12)17(21)11-23-18(22)16-8-14-5-3-4-6-15(14)19-16/h3-6,8,12-13,19H,7,9-11H2,1-2H3/t12-,13-/m0/s1. The molecule has 0 saturated carbocycles. The molecule has 1 amide bonds. The zero-order valence-corrected chi connectivity index (χ0v) is 13.5. The van der Waals surface area contributed by atoms with Crippen LogP contribution in [0.4, 0.5) is 0 Å². The number of hydrogen-bond acceptors (Lipinski definition) is 3. The van der Waals surface area contributed by atoms with Crippen molar-refractivity contribution < 1.29 is 14.3 Å². The number of amides is 1. The number of fused-ring (bicyclic) bond motifs is 1. The maximum Gasteiger partial charge on any atom is 0.355 e. The highest BCUT2D eigenvalue weighted by Gasteiger charge is 2.26. The highest BCUT2D eigenvalue weighted by atomic mass is 16.5. The normalized spacial score (nSPS) is 21.4. The Balaban J connectivity index is 1.59. The zero-order valence-electron chi connectivity index (χ0n) is 13.5. The molecule has 1 aliphatic heterocycles. The Morgan fingerprint density at radius 3 is 2.61 bits per heavy atom. The van der Waals surface area contributed by atoms with Crippen LogP contribution >= 0.6 is 0 Å². The summed E-state index contributed by atoms with van der Waals surface area (Å²) in [7, 11) is 0. The van der Waals surface area contributed by atoms with Crippen molar-refractivity contribution in [3.8, 4) is 0 Å². The molecule has 2 heterocycles. The molecule has 1 N–H and O–H groups in total. The molecule has 3 rings (SSSR count). The summed E-state index contributed by atoms with van der Waals surface area (Å²) in [5, 5.41) is 0.949. The van der Waals surface area contributed by atoms with Gasteiger partial charge in [-0.2, -0.15) is 0 Å². The maximum absolute atomic E-state index is 12.2. The Hall–Kier alpha value is -2.30. The van der Waals surface area contributed by atoms with Crippen molar-refractivity contribution in [2.75, 3.05) is 19.7 Å². The molecule has 122 valence electrons. The molecule has 2 aromatic rings. The number of aromatic amines is 1. The maximum atomic E-state index is 12.2. The van der Waals surface area contributed by atoms with E-state index in [9.17, 15) is 9.59 Å². The van der Waals surface area contributed by atoms with E-state index in [4.69, 9.17) is 4.74 Å². The van der Waals surface area contributed by atoms with Gasteiger partial charge in [0, 0.05) is 24.0 Å². The van der Waals surface area contributed by atoms with Gasteiger partial charge in [0.15, 0.2) is 6.61 Å². The molecular weight excluding hydrogens is 292 g/mol. The molecule has 0 aliphatic carbocycles. The summed E-state index contributed by atoms with van der Waals surface area (Å²) < 4.78 is 5.18. The number of ether oxygens (including phenoxy) is 1. The van der Waals surface area contributed by atoms with Crippen molar-refractivity contribution in [2.24, 2.45) is 11.8 Å². The topological polar surface area (TPSA) is 62.4 Å². The van der Waals surface area contributed by atoms with Gasteiger partial charge in [-0.1, -0.05) is 32.0 Å². The second kappa shape index (κ2) is 6.44. The number of carbonyl (C=O) groups is 2. The average Bonchev–Trinajstić information content (AvgIpc) is 2.95. The Kier molecular flexibility index (Phi) is 4.37. The van der Waals surface area contributed by atoms with Gasteiger partial charge in [0.2, 0.25) is 0 Å². The molecule has 0 bridgehead atoms. The number of benzene rings is 1. The van der Waals surface area contributed by atoms with Gasteiger partial charge in [-0.15, -0.1) is 0 Å². The van der Waals surface area contributed by atoms with E-state index in [2.05, 4.69) is 18.8 Å². The third-order valence-corrected chi connectivity index (χ3v) is 4.30. The number of H-pyrrole nitrogens is 1. The van der Waals surface area contributed by atoms with E-state index in [1.807, 2.05) is 24.3 Å². The molecule has 5 nitrogen and oxygen atoms in total. The lowest BCUT2D eigenvalue weighted by atomic mass is 9.92. The fraction of sp³-hybridized carbons (Fsp3) is 0.444. The molecular formula is C18H22N2O3. The van der Waals surface area contributed by atoms with Crippen molar-refractivity contribution in [3.05, 3.63) is 36.0 Å². The average molecular weight is 314 g/mol. The fourth-order valence-electron chi connectivity index (χ4n) is 3.35. The third-order valence-electron chi connectivity index (χ3n) is 4.30. The smallest absolute Gasteiger partial charge is 0.355 e. The number of esters is 1. The van der Waals surface area contributed by atoms with Crippen LogP contribution in [0.5, 0.6) is 0 Å². The Morgan fingerprint density at radius 2 is 1.91 bits per heavy atom. The molecule has 1 aromatic heterocycles. The molecule has 2 atom stereocenters. The molecule has 0 radical (unpaired) electrons. The number of likely N-dealkylation sites (tertiary alicyclic amines) is 1. The van der Waals surface area contributed by atoms with Crippen LogP contribution in [0.15, 0.2) is 30.3 Å². The van der Waals surface area contributed by atoms with Crippen LogP contribution in [-0.2, 0) is 9.53 Å². The van der Waals surface area contributed by atoms with Gasteiger partial charge < -0.3 is 14.6 Å². The van der Waals surface area contributed by atoms with Crippen LogP contribution in [0.3, 0.4) is 0 Å². The van der Waals surface area contributed by atoms with Gasteiger partial charge >= 0.3 is 5.97 Å². The first-order valence-electron chi connectivity index (χ1n) is 8.05. The summed E-state index contributed by atoms with van der Waals surface area (Å²) in [4.78, 5) is 29.2. The summed E-state index contributed by atoms with van der Waals surface area (Å²) in [6, 6.07) is 9.37. The van der Waals surface area contributed by atoms with Crippen molar-refractivity contribution in [1.82, 2.24) is 9.88 Å². The van der Waals surface area contributed by atoms with Crippen LogP contribution in [0, 0.1) is 11.8 Å². The number of nitrogens with zero attached hydrogens (tertiary/aromatic N) is 1. The first-order valence-corrected chi connectivity index (χ1v) is 8.05. The zero-order chi connectivity index (χ0) is 16.4. The molecule has 23 heavy (non-hydrogen) atoms. The van der Waals surface area contributed by atoms with Crippen LogP contribution < -0.4 is 0 Å². The summed E-state index contributed by atoms with van der Waals surface area (Å²) in [5.41, 5.74) is 1.25. The SMILES string of the molecule is C[C@H]1C[C@H](C)CN(C(=O)COC(=O)c2cc3ccccc3[nH]2)C1. The van der Waals surface area contributed by atoms with Crippen LogP contribution in [-0.4, -0.2) is 41.5 Å². The Bertz CT molecular complexity index is 679. The van der Waals surface area contributed by atoms with E-state index < -0.39 is 5.97 Å². The molecule has 1 fully saturated rings.